The number of amides is 2. The predicted molar refractivity (Wildman–Crippen MR) is 132 cm³/mol. The molecule has 0 aromatic carbocycles. The molecule has 2 amide bonds. The first-order chi connectivity index (χ1) is 16.9. The summed E-state index contributed by atoms with van der Waals surface area (Å²) in [5, 5.41) is 22.6. The second-order valence-electron chi connectivity index (χ2n) is 7.28. The second-order valence-corrected chi connectivity index (χ2v) is 9.83. The maximum atomic E-state index is 12.2. The minimum absolute atomic E-state index is 0.0528. The maximum absolute atomic E-state index is 12.2. The van der Waals surface area contributed by atoms with Gasteiger partial charge in [0.15, 0.2) is 0 Å². The van der Waals surface area contributed by atoms with Gasteiger partial charge in [-0.1, -0.05) is 21.6 Å². The summed E-state index contributed by atoms with van der Waals surface area (Å²) in [5.74, 6) is -4.92. The normalized spacial score (nSPS) is 14.0. The zero-order chi connectivity index (χ0) is 27.7. The standard InChI is InChI=1S/C20H34N4O10S2/c1-3-33-19(31)13(23-15(25)7-5-11(21)17(27)28)9-35-36-10-14(20(32)34-4-2)24-16(26)8-6-12(22)18(29)30/h11-14H,3-10,21-22H2,1-2H3,(H,23,25)(H,24,26)(H,27,28)(H,29,30). The maximum Gasteiger partial charge on any atom is 0.329 e. The molecule has 36 heavy (non-hydrogen) atoms. The van der Waals surface area contributed by atoms with Gasteiger partial charge < -0.3 is 41.8 Å². The van der Waals surface area contributed by atoms with E-state index in [0.29, 0.717) is 0 Å². The number of ether oxygens (including phenoxy) is 2. The van der Waals surface area contributed by atoms with Crippen molar-refractivity contribution < 1.29 is 48.5 Å². The van der Waals surface area contributed by atoms with Gasteiger partial charge in [0.1, 0.15) is 24.2 Å². The van der Waals surface area contributed by atoms with Crippen molar-refractivity contribution in [2.75, 3.05) is 24.7 Å². The van der Waals surface area contributed by atoms with E-state index < -0.39 is 59.9 Å². The van der Waals surface area contributed by atoms with E-state index >= 15 is 0 Å². The minimum atomic E-state index is -1.25. The zero-order valence-corrected chi connectivity index (χ0v) is 21.7. The Kier molecular flexibility index (Phi) is 17.3. The van der Waals surface area contributed by atoms with Gasteiger partial charge in [0.2, 0.25) is 11.8 Å². The number of nitrogens with one attached hydrogen (secondary N) is 2. The third-order valence-corrected chi connectivity index (χ3v) is 6.79. The van der Waals surface area contributed by atoms with Crippen molar-refractivity contribution in [3.63, 3.8) is 0 Å². The molecule has 0 saturated heterocycles. The Bertz CT molecular complexity index is 709. The lowest BCUT2D eigenvalue weighted by atomic mass is 10.1. The van der Waals surface area contributed by atoms with Crippen LogP contribution in [-0.4, -0.2) is 94.8 Å². The highest BCUT2D eigenvalue weighted by Crippen LogP contribution is 2.24. The molecule has 8 N–H and O–H groups in total. The molecule has 0 aromatic rings. The highest BCUT2D eigenvalue weighted by atomic mass is 33.1. The van der Waals surface area contributed by atoms with Crippen LogP contribution in [-0.2, 0) is 38.2 Å². The first-order valence-electron chi connectivity index (χ1n) is 11.1. The van der Waals surface area contributed by atoms with E-state index in [1.54, 1.807) is 13.8 Å². The summed E-state index contributed by atoms with van der Waals surface area (Å²) >= 11 is 0. The van der Waals surface area contributed by atoms with Crippen molar-refractivity contribution in [3.05, 3.63) is 0 Å². The summed E-state index contributed by atoms with van der Waals surface area (Å²) < 4.78 is 9.91. The van der Waals surface area contributed by atoms with E-state index in [4.69, 9.17) is 31.2 Å². The lowest BCUT2D eigenvalue weighted by Gasteiger charge is -2.19. The Morgan fingerprint density at radius 1 is 0.722 bits per heavy atom. The Labute approximate surface area is 216 Å². The average molecular weight is 555 g/mol. The van der Waals surface area contributed by atoms with Crippen molar-refractivity contribution in [2.45, 2.75) is 63.7 Å². The number of carbonyl (C=O) groups is 6. The van der Waals surface area contributed by atoms with Gasteiger partial charge in [-0.15, -0.1) is 0 Å². The molecule has 206 valence electrons. The third kappa shape index (κ3) is 14.8. The first-order valence-corrected chi connectivity index (χ1v) is 13.5. The molecule has 0 spiro atoms. The molecule has 0 saturated carbocycles. The molecule has 0 fully saturated rings. The van der Waals surface area contributed by atoms with Crippen LogP contribution in [0, 0.1) is 0 Å². The Hall–Kier alpha value is -2.56. The predicted octanol–water partition coefficient (Wildman–Crippen LogP) is -1.15. The second kappa shape index (κ2) is 18.7. The Balaban J connectivity index is 4.88. The SMILES string of the molecule is CCOC(=O)C(CSSCC(NC(=O)CCC(N)C(=O)O)C(=O)OCC)NC(=O)CCC(N)C(=O)O. The highest BCUT2D eigenvalue weighted by molar-refractivity contribution is 8.76. The van der Waals surface area contributed by atoms with Crippen LogP contribution in [0.15, 0.2) is 0 Å². The lowest BCUT2D eigenvalue weighted by Crippen LogP contribution is -2.45. The van der Waals surface area contributed by atoms with E-state index in [-0.39, 0.29) is 50.4 Å². The van der Waals surface area contributed by atoms with Gasteiger partial charge in [0, 0.05) is 24.3 Å². The fraction of sp³-hybridized carbons (Fsp3) is 0.700. The van der Waals surface area contributed by atoms with Crippen LogP contribution < -0.4 is 22.1 Å². The number of rotatable bonds is 19. The zero-order valence-electron chi connectivity index (χ0n) is 20.1. The molecule has 14 nitrogen and oxygen atoms in total. The molecular weight excluding hydrogens is 520 g/mol. The fourth-order valence-electron chi connectivity index (χ4n) is 2.41. The number of hydrogen-bond acceptors (Lipinski definition) is 12. The molecule has 0 aliphatic carbocycles. The van der Waals surface area contributed by atoms with Crippen molar-refractivity contribution in [1.29, 1.82) is 0 Å². The summed E-state index contributed by atoms with van der Waals surface area (Å²) in [6.07, 6.45) is -0.638. The van der Waals surface area contributed by atoms with Gasteiger partial charge in [0.25, 0.3) is 0 Å². The van der Waals surface area contributed by atoms with Crippen LogP contribution in [0.1, 0.15) is 39.5 Å². The van der Waals surface area contributed by atoms with Gasteiger partial charge in [-0.2, -0.15) is 0 Å². The van der Waals surface area contributed by atoms with Crippen LogP contribution in [0.25, 0.3) is 0 Å². The molecule has 0 aliphatic heterocycles. The molecular formula is C20H34N4O10S2. The summed E-state index contributed by atoms with van der Waals surface area (Å²) in [4.78, 5) is 70.2. The van der Waals surface area contributed by atoms with Crippen LogP contribution in [0.4, 0.5) is 0 Å². The summed E-state index contributed by atoms with van der Waals surface area (Å²) in [7, 11) is 2.25. The van der Waals surface area contributed by atoms with Gasteiger partial charge in [-0.3, -0.25) is 19.2 Å². The Morgan fingerprint density at radius 2 is 1.06 bits per heavy atom. The van der Waals surface area contributed by atoms with Gasteiger partial charge in [-0.05, 0) is 26.7 Å². The van der Waals surface area contributed by atoms with E-state index in [2.05, 4.69) is 10.6 Å². The van der Waals surface area contributed by atoms with Crippen LogP contribution in [0.2, 0.25) is 0 Å². The highest BCUT2D eigenvalue weighted by Gasteiger charge is 2.26. The van der Waals surface area contributed by atoms with Gasteiger partial charge >= 0.3 is 23.9 Å². The molecule has 0 rings (SSSR count). The topological polar surface area (TPSA) is 237 Å². The number of hydrogen-bond donors (Lipinski definition) is 6. The molecule has 4 unspecified atom stereocenters. The number of carboxylic acid groups (broad SMARTS) is 2. The van der Waals surface area contributed by atoms with Gasteiger partial charge in [0.05, 0.1) is 13.2 Å². The summed E-state index contributed by atoms with van der Waals surface area (Å²) in [6.45, 7) is 3.35. The van der Waals surface area contributed by atoms with Crippen molar-refractivity contribution in [1.82, 2.24) is 10.6 Å². The molecule has 0 aromatic heterocycles. The van der Waals surface area contributed by atoms with Crippen LogP contribution >= 0.6 is 21.6 Å². The largest absolute Gasteiger partial charge is 0.480 e. The summed E-state index contributed by atoms with van der Waals surface area (Å²) in [6, 6.07) is -4.50. The van der Waals surface area contributed by atoms with Gasteiger partial charge in [-0.25, -0.2) is 9.59 Å². The van der Waals surface area contributed by atoms with E-state index in [0.717, 1.165) is 21.6 Å². The molecule has 4 atom stereocenters. The van der Waals surface area contributed by atoms with E-state index in [1.807, 2.05) is 0 Å². The van der Waals surface area contributed by atoms with Crippen molar-refractivity contribution in [3.8, 4) is 0 Å². The quantitative estimate of drug-likeness (QED) is 0.0628. The monoisotopic (exact) mass is 554 g/mol. The lowest BCUT2D eigenvalue weighted by molar-refractivity contribution is -0.147. The Morgan fingerprint density at radius 3 is 1.33 bits per heavy atom. The molecule has 0 aliphatic rings. The number of aliphatic carboxylic acids is 2. The third-order valence-electron chi connectivity index (χ3n) is 4.36. The first kappa shape index (κ1) is 33.4. The summed E-state index contributed by atoms with van der Waals surface area (Å²) in [5.41, 5.74) is 10.8. The molecule has 0 radical (unpaired) electrons. The number of nitrogens with two attached hydrogens (primary N) is 2. The average Bonchev–Trinajstić information content (AvgIpc) is 2.81. The van der Waals surface area contributed by atoms with Crippen LogP contribution in [0.3, 0.4) is 0 Å². The van der Waals surface area contributed by atoms with Crippen LogP contribution in [0.5, 0.6) is 0 Å². The van der Waals surface area contributed by atoms with Crippen molar-refractivity contribution in [2.24, 2.45) is 11.5 Å². The smallest absolute Gasteiger partial charge is 0.329 e. The fourth-order valence-corrected chi connectivity index (χ4v) is 4.71. The van der Waals surface area contributed by atoms with E-state index in [9.17, 15) is 28.8 Å². The minimum Gasteiger partial charge on any atom is -0.480 e. The molecule has 0 heterocycles. The molecule has 16 heteroatoms. The number of carboxylic acids is 2. The molecule has 0 bridgehead atoms. The number of carbonyl (C=O) groups excluding carboxylic acids is 4. The van der Waals surface area contributed by atoms with Crippen molar-refractivity contribution >= 4 is 57.3 Å². The van der Waals surface area contributed by atoms with E-state index in [1.165, 1.54) is 0 Å². The number of esters is 2.